The van der Waals surface area contributed by atoms with E-state index in [1.54, 1.807) is 7.11 Å². The summed E-state index contributed by atoms with van der Waals surface area (Å²) in [4.78, 5) is 6.84. The number of hydrogen-bond donors (Lipinski definition) is 1. The standard InChI is InChI=1S/C28H27ClN4OS/c1-17-16-20(19(3)32(17)23-13-9-10-21(29)18(23)2)27-26(22-11-7-8-15-30-22)31-28(35)33(27)24-12-5-6-14-25(24)34-4/h5-16,26-27H,1-4H3,(H,31,35)/t26-,27-/m0/s1. The van der Waals surface area contributed by atoms with Crippen LogP contribution in [-0.2, 0) is 0 Å². The van der Waals surface area contributed by atoms with Crippen LogP contribution in [0.25, 0.3) is 5.69 Å². The van der Waals surface area contributed by atoms with E-state index in [1.807, 2.05) is 60.8 Å². The summed E-state index contributed by atoms with van der Waals surface area (Å²) in [6.45, 7) is 6.33. The summed E-state index contributed by atoms with van der Waals surface area (Å²) in [5.41, 5.74) is 7.39. The van der Waals surface area contributed by atoms with E-state index in [0.29, 0.717) is 5.11 Å². The van der Waals surface area contributed by atoms with Crippen molar-refractivity contribution in [3.63, 3.8) is 0 Å². The summed E-state index contributed by atoms with van der Waals surface area (Å²) in [6, 6.07) is 22.0. The number of nitrogens with zero attached hydrogens (tertiary/aromatic N) is 3. The maximum Gasteiger partial charge on any atom is 0.174 e. The normalized spacial score (nSPS) is 17.5. The monoisotopic (exact) mass is 502 g/mol. The van der Waals surface area contributed by atoms with Gasteiger partial charge in [0.1, 0.15) is 5.75 Å². The van der Waals surface area contributed by atoms with Crippen LogP contribution in [0.15, 0.2) is 72.9 Å². The number of rotatable bonds is 5. The summed E-state index contributed by atoms with van der Waals surface area (Å²) in [5, 5.41) is 4.93. The van der Waals surface area contributed by atoms with E-state index in [9.17, 15) is 0 Å². The van der Waals surface area contributed by atoms with Crippen molar-refractivity contribution in [3.05, 3.63) is 106 Å². The van der Waals surface area contributed by atoms with Crippen LogP contribution >= 0.6 is 23.8 Å². The van der Waals surface area contributed by atoms with E-state index in [0.717, 1.165) is 50.4 Å². The van der Waals surface area contributed by atoms with Crippen LogP contribution in [-0.4, -0.2) is 21.8 Å². The maximum absolute atomic E-state index is 6.49. The third kappa shape index (κ3) is 3.97. The topological polar surface area (TPSA) is 42.3 Å². The Kier molecular flexibility index (Phi) is 6.26. The molecule has 0 spiro atoms. The molecule has 7 heteroatoms. The molecule has 0 saturated carbocycles. The molecule has 1 fully saturated rings. The van der Waals surface area contributed by atoms with Gasteiger partial charge in [0.25, 0.3) is 0 Å². The van der Waals surface area contributed by atoms with Crippen molar-refractivity contribution in [3.8, 4) is 11.4 Å². The van der Waals surface area contributed by atoms with E-state index in [1.165, 1.54) is 0 Å². The van der Waals surface area contributed by atoms with Gasteiger partial charge < -0.3 is 19.5 Å². The number of anilines is 1. The number of aromatic nitrogens is 2. The molecule has 0 amide bonds. The molecule has 1 aliphatic rings. The van der Waals surface area contributed by atoms with Crippen molar-refractivity contribution < 1.29 is 4.74 Å². The van der Waals surface area contributed by atoms with Gasteiger partial charge in [0.15, 0.2) is 5.11 Å². The van der Waals surface area contributed by atoms with Gasteiger partial charge in [0.2, 0.25) is 0 Å². The quantitative estimate of drug-likeness (QED) is 0.310. The molecule has 0 radical (unpaired) electrons. The molecule has 0 unspecified atom stereocenters. The Morgan fingerprint density at radius 2 is 1.71 bits per heavy atom. The second kappa shape index (κ2) is 9.36. The highest BCUT2D eigenvalue weighted by molar-refractivity contribution is 7.80. The van der Waals surface area contributed by atoms with E-state index >= 15 is 0 Å². The molecule has 178 valence electrons. The molecular formula is C28H27ClN4OS. The molecule has 2 aromatic heterocycles. The summed E-state index contributed by atoms with van der Waals surface area (Å²) in [5.74, 6) is 0.766. The highest BCUT2D eigenvalue weighted by Crippen LogP contribution is 2.46. The van der Waals surface area contributed by atoms with Crippen LogP contribution in [0.2, 0.25) is 5.02 Å². The van der Waals surface area contributed by atoms with Crippen LogP contribution in [0, 0.1) is 20.8 Å². The minimum Gasteiger partial charge on any atom is -0.495 e. The number of nitrogens with one attached hydrogen (secondary N) is 1. The average molecular weight is 503 g/mol. The Hall–Kier alpha value is -3.35. The minimum atomic E-state index is -0.136. The highest BCUT2D eigenvalue weighted by Gasteiger charge is 2.43. The molecule has 5 rings (SSSR count). The lowest BCUT2D eigenvalue weighted by Crippen LogP contribution is -2.30. The van der Waals surface area contributed by atoms with Crippen LogP contribution < -0.4 is 15.0 Å². The van der Waals surface area contributed by atoms with Crippen LogP contribution in [0.3, 0.4) is 0 Å². The van der Waals surface area contributed by atoms with Gasteiger partial charge in [0, 0.05) is 28.3 Å². The average Bonchev–Trinajstić information content (AvgIpc) is 3.36. The van der Waals surface area contributed by atoms with Crippen molar-refractivity contribution in [1.29, 1.82) is 0 Å². The number of ether oxygens (including phenoxy) is 1. The van der Waals surface area contributed by atoms with Gasteiger partial charge in [-0.25, -0.2) is 0 Å². The molecule has 1 N–H and O–H groups in total. The van der Waals surface area contributed by atoms with Gasteiger partial charge in [-0.05, 0) is 86.6 Å². The number of methoxy groups -OCH3 is 1. The molecule has 35 heavy (non-hydrogen) atoms. The predicted molar refractivity (Wildman–Crippen MR) is 146 cm³/mol. The number of pyridine rings is 1. The molecule has 5 nitrogen and oxygen atoms in total. The second-order valence-electron chi connectivity index (χ2n) is 8.71. The fourth-order valence-corrected chi connectivity index (χ4v) is 5.56. The highest BCUT2D eigenvalue weighted by atomic mass is 35.5. The first-order valence-corrected chi connectivity index (χ1v) is 12.3. The predicted octanol–water partition coefficient (Wildman–Crippen LogP) is 6.64. The Labute approximate surface area is 216 Å². The lowest BCUT2D eigenvalue weighted by Gasteiger charge is -2.29. The first kappa shape index (κ1) is 23.4. The SMILES string of the molecule is COc1ccccc1N1C(=S)N[C@@H](c2ccccn2)[C@@H]1c1cc(C)n(-c2cccc(Cl)c2C)c1C. The summed E-state index contributed by atoms with van der Waals surface area (Å²) in [6.07, 6.45) is 1.82. The van der Waals surface area contributed by atoms with Gasteiger partial charge in [-0.1, -0.05) is 35.9 Å². The summed E-state index contributed by atoms with van der Waals surface area (Å²) < 4.78 is 8.00. The van der Waals surface area contributed by atoms with Crippen LogP contribution in [0.5, 0.6) is 5.75 Å². The number of halogens is 1. The minimum absolute atomic E-state index is 0.131. The lowest BCUT2D eigenvalue weighted by atomic mass is 9.96. The van der Waals surface area contributed by atoms with Crippen LogP contribution in [0.4, 0.5) is 5.69 Å². The fraction of sp³-hybridized carbons (Fsp3) is 0.214. The molecule has 3 heterocycles. The first-order chi connectivity index (χ1) is 16.9. The Morgan fingerprint density at radius 3 is 2.46 bits per heavy atom. The molecule has 1 aliphatic heterocycles. The number of aryl methyl sites for hydroxylation is 1. The van der Waals surface area contributed by atoms with E-state index in [2.05, 4.69) is 52.7 Å². The Bertz CT molecular complexity index is 1400. The maximum atomic E-state index is 6.49. The van der Waals surface area contributed by atoms with E-state index in [-0.39, 0.29) is 12.1 Å². The lowest BCUT2D eigenvalue weighted by molar-refractivity contribution is 0.414. The zero-order chi connectivity index (χ0) is 24.7. The number of para-hydroxylation sites is 2. The van der Waals surface area contributed by atoms with Crippen molar-refractivity contribution in [1.82, 2.24) is 14.9 Å². The van der Waals surface area contributed by atoms with Gasteiger partial charge >= 0.3 is 0 Å². The number of benzene rings is 2. The van der Waals surface area contributed by atoms with Crippen molar-refractivity contribution in [2.45, 2.75) is 32.9 Å². The second-order valence-corrected chi connectivity index (χ2v) is 9.51. The molecule has 1 saturated heterocycles. The third-order valence-electron chi connectivity index (χ3n) is 6.71. The number of hydrogen-bond acceptors (Lipinski definition) is 3. The Balaban J connectivity index is 1.72. The van der Waals surface area contributed by atoms with Gasteiger partial charge in [-0.2, -0.15) is 0 Å². The van der Waals surface area contributed by atoms with Crippen molar-refractivity contribution >= 4 is 34.6 Å². The molecule has 0 aliphatic carbocycles. The van der Waals surface area contributed by atoms with Gasteiger partial charge in [0.05, 0.1) is 30.6 Å². The smallest absolute Gasteiger partial charge is 0.174 e. The third-order valence-corrected chi connectivity index (χ3v) is 7.44. The number of thiocarbonyl (C=S) groups is 1. The van der Waals surface area contributed by atoms with E-state index < -0.39 is 0 Å². The first-order valence-electron chi connectivity index (χ1n) is 11.5. The fourth-order valence-electron chi connectivity index (χ4n) is 5.06. The largest absolute Gasteiger partial charge is 0.495 e. The summed E-state index contributed by atoms with van der Waals surface area (Å²) in [7, 11) is 1.68. The zero-order valence-corrected chi connectivity index (χ0v) is 21.7. The molecule has 4 aromatic rings. The van der Waals surface area contributed by atoms with Crippen molar-refractivity contribution in [2.75, 3.05) is 12.0 Å². The van der Waals surface area contributed by atoms with Crippen LogP contribution in [0.1, 0.15) is 40.3 Å². The van der Waals surface area contributed by atoms with Gasteiger partial charge in [-0.3, -0.25) is 4.98 Å². The molecule has 2 atom stereocenters. The Morgan fingerprint density at radius 1 is 0.971 bits per heavy atom. The molecule has 0 bridgehead atoms. The van der Waals surface area contributed by atoms with Crippen molar-refractivity contribution in [2.24, 2.45) is 0 Å². The molecular weight excluding hydrogens is 476 g/mol. The molecule has 2 aromatic carbocycles. The van der Waals surface area contributed by atoms with E-state index in [4.69, 9.17) is 28.6 Å². The zero-order valence-electron chi connectivity index (χ0n) is 20.1. The summed E-state index contributed by atoms with van der Waals surface area (Å²) >= 11 is 12.4. The van der Waals surface area contributed by atoms with Gasteiger partial charge in [-0.15, -0.1) is 0 Å².